The molecule has 0 fully saturated rings. The number of amides is 1. The van der Waals surface area contributed by atoms with Crippen LogP contribution in [-0.2, 0) is 14.3 Å². The summed E-state index contributed by atoms with van der Waals surface area (Å²) in [5.74, 6) is -2.00. The maximum Gasteiger partial charge on any atom is 0.407 e. The van der Waals surface area contributed by atoms with Crippen LogP contribution in [0.25, 0.3) is 0 Å². The predicted molar refractivity (Wildman–Crippen MR) is 81.5 cm³/mol. The average Bonchev–Trinajstić information content (AvgIpc) is 2.49. The molecular formula is C14H28N2O6. The molecule has 0 saturated carbocycles. The number of carboxylic acids is 2. The summed E-state index contributed by atoms with van der Waals surface area (Å²) in [6, 6.07) is -1.58. The highest BCUT2D eigenvalue weighted by Gasteiger charge is 2.25. The molecule has 0 aromatic heterocycles. The van der Waals surface area contributed by atoms with E-state index in [1.807, 2.05) is 20.8 Å². The number of aliphatic carboxylic acids is 2. The molecule has 0 rings (SSSR count). The van der Waals surface area contributed by atoms with E-state index in [9.17, 15) is 14.4 Å². The fraction of sp³-hybridized carbons (Fsp3) is 0.786. The van der Waals surface area contributed by atoms with Gasteiger partial charge >= 0.3 is 18.0 Å². The molecule has 0 radical (unpaired) electrons. The minimum atomic E-state index is -1.04. The van der Waals surface area contributed by atoms with E-state index in [1.165, 1.54) is 7.11 Å². The van der Waals surface area contributed by atoms with Gasteiger partial charge in [0.15, 0.2) is 0 Å². The molecule has 22 heavy (non-hydrogen) atoms. The van der Waals surface area contributed by atoms with Gasteiger partial charge < -0.3 is 26.0 Å². The Labute approximate surface area is 131 Å². The standard InChI is InChI=1S/C8H15NO4.C6H13NO2/c1-4-5(2)6(7(10)11)9-8(12)13-3;1-3-4(2)5(7)6(8)9/h5-6H,4H2,1-3H3,(H,9,12)(H,10,11);4-5H,3,7H2,1-2H3,(H,8,9)/t5-,6-;4-,5-/m00/s1. The molecule has 1 amide bonds. The second-order valence-corrected chi connectivity index (χ2v) is 5.09. The lowest BCUT2D eigenvalue weighted by molar-refractivity contribution is -0.141. The summed E-state index contributed by atoms with van der Waals surface area (Å²) < 4.78 is 4.31. The fourth-order valence-electron chi connectivity index (χ4n) is 1.37. The number of hydrogen-bond acceptors (Lipinski definition) is 5. The fourth-order valence-corrected chi connectivity index (χ4v) is 1.37. The largest absolute Gasteiger partial charge is 0.480 e. The van der Waals surface area contributed by atoms with Crippen molar-refractivity contribution in [3.63, 3.8) is 0 Å². The van der Waals surface area contributed by atoms with Crippen LogP contribution in [0.2, 0.25) is 0 Å². The lowest BCUT2D eigenvalue weighted by Crippen LogP contribution is -2.44. The third-order valence-corrected chi connectivity index (χ3v) is 3.48. The number of nitrogens with two attached hydrogens (primary N) is 1. The summed E-state index contributed by atoms with van der Waals surface area (Å²) >= 11 is 0. The summed E-state index contributed by atoms with van der Waals surface area (Å²) in [6.45, 7) is 7.38. The van der Waals surface area contributed by atoms with Gasteiger partial charge in [-0.15, -0.1) is 0 Å². The number of ether oxygens (including phenoxy) is 1. The van der Waals surface area contributed by atoms with Crippen LogP contribution in [0.5, 0.6) is 0 Å². The first kappa shape index (κ1) is 22.5. The Morgan fingerprint density at radius 1 is 1.05 bits per heavy atom. The topological polar surface area (TPSA) is 139 Å². The van der Waals surface area contributed by atoms with E-state index in [0.29, 0.717) is 6.42 Å². The highest BCUT2D eigenvalue weighted by Crippen LogP contribution is 2.07. The van der Waals surface area contributed by atoms with Crippen LogP contribution >= 0.6 is 0 Å². The van der Waals surface area contributed by atoms with Crippen LogP contribution in [0.4, 0.5) is 4.79 Å². The Balaban J connectivity index is 0. The SMILES string of the molecule is CC[C@H](C)[C@H](N)C(=O)O.CC[C@H](C)[C@H](NC(=O)OC)C(=O)O. The molecule has 0 aliphatic carbocycles. The van der Waals surface area contributed by atoms with Crippen molar-refractivity contribution in [2.24, 2.45) is 17.6 Å². The van der Waals surface area contributed by atoms with Gasteiger partial charge in [-0.2, -0.15) is 0 Å². The maximum absolute atomic E-state index is 10.8. The zero-order valence-corrected chi connectivity index (χ0v) is 13.8. The molecular weight excluding hydrogens is 292 g/mol. The molecule has 0 aromatic rings. The molecule has 8 nitrogen and oxygen atoms in total. The summed E-state index contributed by atoms with van der Waals surface area (Å²) in [4.78, 5) is 31.6. The van der Waals surface area contributed by atoms with Crippen molar-refractivity contribution < 1.29 is 29.3 Å². The van der Waals surface area contributed by atoms with Crippen molar-refractivity contribution in [2.45, 2.75) is 52.6 Å². The highest BCUT2D eigenvalue weighted by atomic mass is 16.5. The Bertz CT molecular complexity index is 361. The Morgan fingerprint density at radius 2 is 1.50 bits per heavy atom. The lowest BCUT2D eigenvalue weighted by atomic mass is 10.00. The molecule has 0 heterocycles. The van der Waals surface area contributed by atoms with Crippen LogP contribution in [0.15, 0.2) is 0 Å². The van der Waals surface area contributed by atoms with Crippen LogP contribution in [0.3, 0.4) is 0 Å². The highest BCUT2D eigenvalue weighted by molar-refractivity contribution is 5.80. The molecule has 8 heteroatoms. The van der Waals surface area contributed by atoms with Crippen LogP contribution in [0, 0.1) is 11.8 Å². The van der Waals surface area contributed by atoms with Gasteiger partial charge in [-0.1, -0.05) is 40.5 Å². The first-order chi connectivity index (χ1) is 10.1. The molecule has 0 saturated heterocycles. The molecule has 0 aliphatic rings. The number of methoxy groups -OCH3 is 1. The van der Waals surface area contributed by atoms with Gasteiger partial charge in [-0.05, 0) is 11.8 Å². The van der Waals surface area contributed by atoms with Crippen LogP contribution in [-0.4, -0.2) is 47.4 Å². The first-order valence-corrected chi connectivity index (χ1v) is 7.17. The zero-order valence-electron chi connectivity index (χ0n) is 13.8. The third-order valence-electron chi connectivity index (χ3n) is 3.48. The number of carbonyl (C=O) groups excluding carboxylic acids is 1. The normalized spacial score (nSPS) is 15.4. The van der Waals surface area contributed by atoms with Gasteiger partial charge in [-0.3, -0.25) is 4.79 Å². The Hall–Kier alpha value is -1.83. The van der Waals surface area contributed by atoms with E-state index in [-0.39, 0.29) is 11.8 Å². The Morgan fingerprint density at radius 3 is 1.73 bits per heavy atom. The molecule has 0 bridgehead atoms. The number of carboxylic acid groups (broad SMARTS) is 2. The summed E-state index contributed by atoms with van der Waals surface area (Å²) in [5.41, 5.74) is 5.27. The second-order valence-electron chi connectivity index (χ2n) is 5.09. The van der Waals surface area contributed by atoms with E-state index < -0.39 is 30.1 Å². The monoisotopic (exact) mass is 320 g/mol. The number of hydrogen-bond donors (Lipinski definition) is 4. The molecule has 0 unspecified atom stereocenters. The Kier molecular flexibility index (Phi) is 12.0. The lowest BCUT2D eigenvalue weighted by Gasteiger charge is -2.18. The summed E-state index contributed by atoms with van der Waals surface area (Å²) in [5, 5.41) is 19.4. The van der Waals surface area contributed by atoms with Gasteiger partial charge in [-0.25, -0.2) is 9.59 Å². The number of nitrogens with one attached hydrogen (secondary N) is 1. The third kappa shape index (κ3) is 9.17. The van der Waals surface area contributed by atoms with Crippen molar-refractivity contribution in [3.05, 3.63) is 0 Å². The molecule has 0 aliphatic heterocycles. The van der Waals surface area contributed by atoms with Gasteiger partial charge in [0.1, 0.15) is 12.1 Å². The minimum absolute atomic E-state index is 0.0718. The van der Waals surface area contributed by atoms with E-state index in [4.69, 9.17) is 15.9 Å². The van der Waals surface area contributed by atoms with Crippen molar-refractivity contribution >= 4 is 18.0 Å². The van der Waals surface area contributed by atoms with Gasteiger partial charge in [0, 0.05) is 0 Å². The van der Waals surface area contributed by atoms with Crippen molar-refractivity contribution in [1.82, 2.24) is 5.32 Å². The first-order valence-electron chi connectivity index (χ1n) is 7.17. The van der Waals surface area contributed by atoms with Crippen LogP contribution in [0.1, 0.15) is 40.5 Å². The van der Waals surface area contributed by atoms with Crippen LogP contribution < -0.4 is 11.1 Å². The molecule has 130 valence electrons. The second kappa shape index (κ2) is 11.8. The van der Waals surface area contributed by atoms with Crippen molar-refractivity contribution in [1.29, 1.82) is 0 Å². The summed E-state index contributed by atoms with van der Waals surface area (Å²) in [6.07, 6.45) is 0.779. The molecule has 0 aromatic carbocycles. The van der Waals surface area contributed by atoms with Crippen molar-refractivity contribution in [2.75, 3.05) is 7.11 Å². The van der Waals surface area contributed by atoms with Crippen molar-refractivity contribution in [3.8, 4) is 0 Å². The summed E-state index contributed by atoms with van der Waals surface area (Å²) in [7, 11) is 1.20. The minimum Gasteiger partial charge on any atom is -0.480 e. The zero-order chi connectivity index (χ0) is 17.9. The van der Waals surface area contributed by atoms with E-state index in [1.54, 1.807) is 6.92 Å². The number of alkyl carbamates (subject to hydrolysis) is 1. The predicted octanol–water partition coefficient (Wildman–Crippen LogP) is 1.29. The molecule has 5 N–H and O–H groups in total. The van der Waals surface area contributed by atoms with E-state index in [0.717, 1.165) is 6.42 Å². The smallest absolute Gasteiger partial charge is 0.407 e. The molecule has 0 spiro atoms. The van der Waals surface area contributed by atoms with Gasteiger partial charge in [0.25, 0.3) is 0 Å². The number of carbonyl (C=O) groups is 3. The van der Waals surface area contributed by atoms with E-state index in [2.05, 4.69) is 10.1 Å². The maximum atomic E-state index is 10.8. The average molecular weight is 320 g/mol. The van der Waals surface area contributed by atoms with Gasteiger partial charge in [0.2, 0.25) is 0 Å². The quantitative estimate of drug-likeness (QED) is 0.554. The van der Waals surface area contributed by atoms with E-state index >= 15 is 0 Å². The molecule has 4 atom stereocenters. The number of rotatable bonds is 7. The van der Waals surface area contributed by atoms with Gasteiger partial charge in [0.05, 0.1) is 7.11 Å².